The summed E-state index contributed by atoms with van der Waals surface area (Å²) in [7, 11) is 1.52. The molecule has 0 unspecified atom stereocenters. The largest absolute Gasteiger partial charge is 0.455 e. The van der Waals surface area contributed by atoms with Crippen molar-refractivity contribution in [3.05, 3.63) is 61.2 Å². The summed E-state index contributed by atoms with van der Waals surface area (Å²) in [4.78, 5) is 62.5. The van der Waals surface area contributed by atoms with Crippen molar-refractivity contribution >= 4 is 23.7 Å². The second-order valence-electron chi connectivity index (χ2n) is 14.5. The van der Waals surface area contributed by atoms with Crippen molar-refractivity contribution in [2.75, 3.05) is 72.8 Å². The third kappa shape index (κ3) is 9.37. The van der Waals surface area contributed by atoms with Crippen molar-refractivity contribution in [2.24, 2.45) is 11.8 Å². The maximum absolute atomic E-state index is 14.8. The van der Waals surface area contributed by atoms with E-state index in [-0.39, 0.29) is 37.4 Å². The molecular weight excluding hydrogens is 680 g/mol. The van der Waals surface area contributed by atoms with Crippen LogP contribution < -0.4 is 5.32 Å². The minimum atomic E-state index is -1.18. The standard InChI is InChI=1S/C40H58N4O9/c1-4-6-16-32(46)41-30(28-50-3)35(29-14-10-9-11-15-29)52-39(49)33-31-17-18-40(53-31)34(33)37(47)44(20-12-7-8-13-25-45)36(40)38(48)43(19-5-2)22-21-42-23-26-51-27-24-42/h4-5,9-11,14-15,30-31,33-36,45H,1-2,6-8,12-13,16-28H2,3H3,(H,41,46)/t30-,31-,33+,34+,35-,36-,40+/m0/s1. The number of carbonyl (C=O) groups excluding carboxylic acids is 4. The van der Waals surface area contributed by atoms with Gasteiger partial charge in [-0.1, -0.05) is 55.3 Å². The number of ether oxygens (including phenoxy) is 4. The summed E-state index contributed by atoms with van der Waals surface area (Å²) >= 11 is 0. The molecule has 1 aromatic carbocycles. The highest BCUT2D eigenvalue weighted by Gasteiger charge is 2.75. The van der Waals surface area contributed by atoms with Crippen LogP contribution in [0, 0.1) is 11.8 Å². The Morgan fingerprint density at radius 3 is 2.55 bits per heavy atom. The topological polar surface area (TPSA) is 147 Å². The number of aliphatic hydroxyl groups excluding tert-OH is 1. The molecule has 0 aliphatic carbocycles. The van der Waals surface area contributed by atoms with Crippen LogP contribution >= 0.6 is 0 Å². The number of nitrogens with one attached hydrogen (secondary N) is 1. The van der Waals surface area contributed by atoms with E-state index in [4.69, 9.17) is 18.9 Å². The first kappa shape index (κ1) is 40.6. The molecule has 4 fully saturated rings. The van der Waals surface area contributed by atoms with Gasteiger partial charge in [0.1, 0.15) is 17.7 Å². The first-order valence-electron chi connectivity index (χ1n) is 19.2. The van der Waals surface area contributed by atoms with Gasteiger partial charge in [-0.05, 0) is 37.7 Å². The van der Waals surface area contributed by atoms with Crippen molar-refractivity contribution in [3.8, 4) is 0 Å². The molecule has 3 amide bonds. The Morgan fingerprint density at radius 1 is 1.09 bits per heavy atom. The van der Waals surface area contributed by atoms with Crippen LogP contribution in [0.3, 0.4) is 0 Å². The van der Waals surface area contributed by atoms with E-state index in [1.165, 1.54) is 7.11 Å². The Hall–Kier alpha value is -3.62. The van der Waals surface area contributed by atoms with Gasteiger partial charge in [0.15, 0.2) is 0 Å². The van der Waals surface area contributed by atoms with E-state index in [1.807, 2.05) is 30.3 Å². The molecule has 4 aliphatic rings. The number of fused-ring (bicyclic) bond motifs is 1. The third-order valence-electron chi connectivity index (χ3n) is 11.1. The van der Waals surface area contributed by atoms with E-state index < -0.39 is 47.7 Å². The fraction of sp³-hybridized carbons (Fsp3) is 0.650. The smallest absolute Gasteiger partial charge is 0.313 e. The number of aliphatic hydroxyl groups is 1. The van der Waals surface area contributed by atoms with Crippen LogP contribution in [0.15, 0.2) is 55.6 Å². The first-order valence-corrected chi connectivity index (χ1v) is 19.2. The van der Waals surface area contributed by atoms with Crippen LogP contribution in [0.5, 0.6) is 0 Å². The number of hydrogen-bond acceptors (Lipinski definition) is 10. The van der Waals surface area contributed by atoms with E-state index in [2.05, 4.69) is 23.4 Å². The second-order valence-corrected chi connectivity index (χ2v) is 14.5. The molecule has 0 saturated carbocycles. The van der Waals surface area contributed by atoms with Gasteiger partial charge in [-0.15, -0.1) is 13.2 Å². The third-order valence-corrected chi connectivity index (χ3v) is 11.1. The molecular formula is C40H58N4O9. The fourth-order valence-electron chi connectivity index (χ4n) is 8.52. The van der Waals surface area contributed by atoms with Gasteiger partial charge in [0.2, 0.25) is 17.7 Å². The Balaban J connectivity index is 1.42. The number of rotatable bonds is 22. The normalized spacial score (nSPS) is 26.2. The molecule has 1 aromatic rings. The molecule has 53 heavy (non-hydrogen) atoms. The molecule has 292 valence electrons. The first-order chi connectivity index (χ1) is 25.8. The van der Waals surface area contributed by atoms with Gasteiger partial charge in [-0.2, -0.15) is 0 Å². The van der Waals surface area contributed by atoms with E-state index >= 15 is 0 Å². The van der Waals surface area contributed by atoms with Crippen molar-refractivity contribution in [2.45, 2.75) is 81.3 Å². The average molecular weight is 739 g/mol. The molecule has 5 rings (SSSR count). The molecule has 0 radical (unpaired) electrons. The number of amides is 3. The zero-order valence-corrected chi connectivity index (χ0v) is 31.2. The fourth-order valence-corrected chi connectivity index (χ4v) is 8.52. The number of allylic oxidation sites excluding steroid dienone is 1. The molecule has 13 heteroatoms. The highest BCUT2D eigenvalue weighted by atomic mass is 16.6. The van der Waals surface area contributed by atoms with Crippen molar-refractivity contribution < 1.29 is 43.2 Å². The number of unbranched alkanes of at least 4 members (excludes halogenated alkanes) is 3. The highest BCUT2D eigenvalue weighted by molar-refractivity contribution is 5.98. The predicted octanol–water partition coefficient (Wildman–Crippen LogP) is 2.64. The lowest BCUT2D eigenvalue weighted by Crippen LogP contribution is -2.57. The van der Waals surface area contributed by atoms with Gasteiger partial charge in [0.05, 0.1) is 43.8 Å². The summed E-state index contributed by atoms with van der Waals surface area (Å²) in [5, 5.41) is 12.3. The van der Waals surface area contributed by atoms with Gasteiger partial charge in [-0.25, -0.2) is 0 Å². The minimum Gasteiger partial charge on any atom is -0.455 e. The average Bonchev–Trinajstić information content (AvgIpc) is 3.82. The van der Waals surface area contributed by atoms with Crippen LogP contribution in [-0.4, -0.2) is 140 Å². The van der Waals surface area contributed by atoms with Crippen LogP contribution in [0.25, 0.3) is 0 Å². The molecule has 1 spiro atoms. The number of likely N-dealkylation sites (tertiary alicyclic amines) is 1. The lowest BCUT2D eigenvalue weighted by atomic mass is 9.70. The van der Waals surface area contributed by atoms with Crippen LogP contribution in [0.4, 0.5) is 0 Å². The Bertz CT molecular complexity index is 1410. The van der Waals surface area contributed by atoms with Crippen LogP contribution in [0.1, 0.15) is 63.0 Å². The number of nitrogens with zero attached hydrogens (tertiary/aromatic N) is 3. The lowest BCUT2D eigenvalue weighted by molar-refractivity contribution is -0.163. The SMILES string of the molecule is C=CCCC(=O)N[C@@H](COC)[C@@H](OC(=O)[C@@H]1[C@@H]2CC[C@]3(O2)[C@H](C(=O)N(CC=C)CCN2CCOCC2)N(CCCCCCO)C(=O)[C@@H]13)c1ccccc1. The van der Waals surface area contributed by atoms with E-state index in [9.17, 15) is 24.3 Å². The quantitative estimate of drug-likeness (QED) is 0.103. The van der Waals surface area contributed by atoms with Gasteiger partial charge in [0.25, 0.3) is 0 Å². The minimum absolute atomic E-state index is 0.0772. The summed E-state index contributed by atoms with van der Waals surface area (Å²) in [6.07, 6.45) is 6.43. The molecule has 0 aromatic heterocycles. The Labute approximate surface area is 313 Å². The lowest BCUT2D eigenvalue weighted by Gasteiger charge is -2.37. The molecule has 7 atom stereocenters. The van der Waals surface area contributed by atoms with Crippen LogP contribution in [0.2, 0.25) is 0 Å². The predicted molar refractivity (Wildman–Crippen MR) is 197 cm³/mol. The summed E-state index contributed by atoms with van der Waals surface area (Å²) in [6, 6.07) is 7.56. The van der Waals surface area contributed by atoms with Gasteiger partial charge in [0, 0.05) is 59.4 Å². The molecule has 2 bridgehead atoms. The van der Waals surface area contributed by atoms with E-state index in [0.717, 1.165) is 25.9 Å². The highest BCUT2D eigenvalue weighted by Crippen LogP contribution is 2.59. The van der Waals surface area contributed by atoms with Gasteiger partial charge in [-0.3, -0.25) is 24.1 Å². The number of carbonyl (C=O) groups is 4. The number of methoxy groups -OCH3 is 1. The Morgan fingerprint density at radius 2 is 1.85 bits per heavy atom. The number of morpholine rings is 1. The number of benzene rings is 1. The van der Waals surface area contributed by atoms with Crippen molar-refractivity contribution in [1.82, 2.24) is 20.0 Å². The molecule has 4 saturated heterocycles. The summed E-state index contributed by atoms with van der Waals surface area (Å²) in [5.41, 5.74) is -0.514. The zero-order valence-electron chi connectivity index (χ0n) is 31.2. The summed E-state index contributed by atoms with van der Waals surface area (Å²) in [5.74, 6) is -3.14. The van der Waals surface area contributed by atoms with Gasteiger partial charge < -0.3 is 39.2 Å². The molecule has 13 nitrogen and oxygen atoms in total. The monoisotopic (exact) mass is 738 g/mol. The second kappa shape index (κ2) is 19.6. The molecule has 4 heterocycles. The van der Waals surface area contributed by atoms with Crippen molar-refractivity contribution in [1.29, 1.82) is 0 Å². The van der Waals surface area contributed by atoms with E-state index in [1.54, 1.807) is 22.0 Å². The zero-order chi connectivity index (χ0) is 37.8. The maximum atomic E-state index is 14.8. The maximum Gasteiger partial charge on any atom is 0.313 e. The van der Waals surface area contributed by atoms with E-state index in [0.29, 0.717) is 77.1 Å². The van der Waals surface area contributed by atoms with Gasteiger partial charge >= 0.3 is 5.97 Å². The van der Waals surface area contributed by atoms with Crippen LogP contribution in [-0.2, 0) is 38.1 Å². The Kier molecular flexibility index (Phi) is 15.0. The molecule has 4 aliphatic heterocycles. The summed E-state index contributed by atoms with van der Waals surface area (Å²) in [6.45, 7) is 12.4. The molecule has 2 N–H and O–H groups in total. The number of esters is 1. The number of hydrogen-bond donors (Lipinski definition) is 2. The van der Waals surface area contributed by atoms with Crippen molar-refractivity contribution in [3.63, 3.8) is 0 Å². The summed E-state index contributed by atoms with van der Waals surface area (Å²) < 4.78 is 24.1.